The largest absolute Gasteiger partial charge is 0.496 e. The second-order valence-corrected chi connectivity index (χ2v) is 5.52. The van der Waals surface area contributed by atoms with Gasteiger partial charge < -0.3 is 10.1 Å². The van der Waals surface area contributed by atoms with Crippen molar-refractivity contribution in [1.29, 1.82) is 0 Å². The van der Waals surface area contributed by atoms with Crippen molar-refractivity contribution >= 4 is 23.2 Å². The van der Waals surface area contributed by atoms with Crippen molar-refractivity contribution in [3.05, 3.63) is 63.4 Å². The molecule has 1 unspecified atom stereocenters. The van der Waals surface area contributed by atoms with Gasteiger partial charge in [-0.15, -0.1) is 0 Å². The van der Waals surface area contributed by atoms with Crippen molar-refractivity contribution in [2.75, 3.05) is 14.2 Å². The zero-order valence-electron chi connectivity index (χ0n) is 11.8. The fourth-order valence-corrected chi connectivity index (χ4v) is 2.52. The van der Waals surface area contributed by atoms with E-state index in [2.05, 4.69) is 5.32 Å². The smallest absolute Gasteiger partial charge is 0.142 e. The molecular weight excluding hydrogens is 312 g/mol. The lowest BCUT2D eigenvalue weighted by atomic mass is 9.98. The van der Waals surface area contributed by atoms with Gasteiger partial charge in [-0.3, -0.25) is 0 Å². The Morgan fingerprint density at radius 2 is 1.95 bits per heavy atom. The molecule has 0 spiro atoms. The number of likely N-dealkylation sites (N-methyl/N-ethyl adjacent to an activating group) is 1. The number of benzene rings is 2. The van der Waals surface area contributed by atoms with E-state index in [0.29, 0.717) is 17.2 Å². The Labute approximate surface area is 133 Å². The fourth-order valence-electron chi connectivity index (χ4n) is 2.24. The average molecular weight is 328 g/mol. The molecule has 0 saturated heterocycles. The van der Waals surface area contributed by atoms with E-state index in [0.717, 1.165) is 11.1 Å². The molecule has 0 aliphatic heterocycles. The fraction of sp³-hybridized carbons (Fsp3) is 0.250. The lowest BCUT2D eigenvalue weighted by Gasteiger charge is -2.20. The molecule has 112 valence electrons. The second kappa shape index (κ2) is 7.12. The van der Waals surface area contributed by atoms with Crippen LogP contribution in [0.1, 0.15) is 17.2 Å². The van der Waals surface area contributed by atoms with Crippen LogP contribution in [0, 0.1) is 5.82 Å². The first-order valence-corrected chi connectivity index (χ1v) is 7.25. The summed E-state index contributed by atoms with van der Waals surface area (Å²) < 4.78 is 18.9. The standard InChI is InChI=1S/C16H16Cl2FNO/c1-20-15(8-10-3-6-13(18)14(19)7-10)12-5-4-11(17)9-16(12)21-2/h3-7,9,15,20H,8H2,1-2H3. The maximum absolute atomic E-state index is 13.5. The van der Waals surface area contributed by atoms with Gasteiger partial charge >= 0.3 is 0 Å². The summed E-state index contributed by atoms with van der Waals surface area (Å²) in [5.74, 6) is 0.295. The minimum Gasteiger partial charge on any atom is -0.496 e. The first kappa shape index (κ1) is 16.1. The van der Waals surface area contributed by atoms with Crippen molar-refractivity contribution in [2.45, 2.75) is 12.5 Å². The van der Waals surface area contributed by atoms with Gasteiger partial charge in [0.05, 0.1) is 12.1 Å². The van der Waals surface area contributed by atoms with Gasteiger partial charge in [0.2, 0.25) is 0 Å². The molecule has 2 rings (SSSR count). The predicted octanol–water partition coefficient (Wildman–Crippen LogP) is 4.64. The molecule has 0 aromatic heterocycles. The number of ether oxygens (including phenoxy) is 1. The highest BCUT2D eigenvalue weighted by Gasteiger charge is 2.16. The Morgan fingerprint density at radius 1 is 1.19 bits per heavy atom. The minimum absolute atomic E-state index is 0.0159. The minimum atomic E-state index is -0.410. The van der Waals surface area contributed by atoms with Crippen molar-refractivity contribution in [1.82, 2.24) is 5.32 Å². The van der Waals surface area contributed by atoms with Gasteiger partial charge in [0.1, 0.15) is 11.6 Å². The topological polar surface area (TPSA) is 21.3 Å². The van der Waals surface area contributed by atoms with Crippen molar-refractivity contribution in [3.8, 4) is 5.75 Å². The number of hydrogen-bond donors (Lipinski definition) is 1. The summed E-state index contributed by atoms with van der Waals surface area (Å²) in [6, 6.07) is 10.3. The highest BCUT2D eigenvalue weighted by molar-refractivity contribution is 6.31. The third kappa shape index (κ3) is 3.88. The van der Waals surface area contributed by atoms with E-state index < -0.39 is 5.82 Å². The predicted molar refractivity (Wildman–Crippen MR) is 84.9 cm³/mol. The number of halogens is 3. The van der Waals surface area contributed by atoms with Gasteiger partial charge in [0.25, 0.3) is 0 Å². The molecule has 0 saturated carbocycles. The van der Waals surface area contributed by atoms with E-state index in [9.17, 15) is 4.39 Å². The maximum atomic E-state index is 13.5. The van der Waals surface area contributed by atoms with Gasteiger partial charge in [-0.25, -0.2) is 4.39 Å². The van der Waals surface area contributed by atoms with Crippen molar-refractivity contribution in [3.63, 3.8) is 0 Å². The molecule has 2 aromatic rings. The molecule has 0 aliphatic carbocycles. The summed E-state index contributed by atoms with van der Waals surface area (Å²) in [4.78, 5) is 0. The van der Waals surface area contributed by atoms with Crippen LogP contribution in [0.15, 0.2) is 36.4 Å². The van der Waals surface area contributed by atoms with E-state index >= 15 is 0 Å². The first-order valence-electron chi connectivity index (χ1n) is 6.49. The summed E-state index contributed by atoms with van der Waals surface area (Å²) in [5.41, 5.74) is 1.83. The Morgan fingerprint density at radius 3 is 2.57 bits per heavy atom. The Hall–Kier alpha value is -1.29. The van der Waals surface area contributed by atoms with Crippen LogP contribution < -0.4 is 10.1 Å². The summed E-state index contributed by atoms with van der Waals surface area (Å²) in [5, 5.41) is 3.96. The molecule has 0 heterocycles. The first-order chi connectivity index (χ1) is 10.0. The Kier molecular flexibility index (Phi) is 5.45. The van der Waals surface area contributed by atoms with Crippen LogP contribution >= 0.6 is 23.2 Å². The number of rotatable bonds is 5. The number of nitrogens with one attached hydrogen (secondary N) is 1. The molecule has 2 nitrogen and oxygen atoms in total. The Bertz CT molecular complexity index is 634. The van der Waals surface area contributed by atoms with Gasteiger partial charge in [-0.05, 0) is 43.3 Å². The highest BCUT2D eigenvalue weighted by atomic mass is 35.5. The van der Waals surface area contributed by atoms with Gasteiger partial charge in [0, 0.05) is 16.6 Å². The normalized spacial score (nSPS) is 12.2. The number of hydrogen-bond acceptors (Lipinski definition) is 2. The van der Waals surface area contributed by atoms with Gasteiger partial charge in [-0.2, -0.15) is 0 Å². The molecule has 0 aliphatic rings. The average Bonchev–Trinajstić information content (AvgIpc) is 2.48. The molecule has 1 atom stereocenters. The molecule has 2 aromatic carbocycles. The Balaban J connectivity index is 2.29. The molecule has 0 fully saturated rings. The highest BCUT2D eigenvalue weighted by Crippen LogP contribution is 2.30. The molecular formula is C16H16Cl2FNO. The van der Waals surface area contributed by atoms with Crippen molar-refractivity contribution < 1.29 is 9.13 Å². The summed E-state index contributed by atoms with van der Waals surface area (Å²) in [6.07, 6.45) is 0.614. The van der Waals surface area contributed by atoms with Crippen LogP contribution in [-0.2, 0) is 6.42 Å². The zero-order valence-corrected chi connectivity index (χ0v) is 13.3. The summed E-state index contributed by atoms with van der Waals surface area (Å²) >= 11 is 11.7. The number of methoxy groups -OCH3 is 1. The van der Waals surface area contributed by atoms with E-state index in [1.165, 1.54) is 6.07 Å². The third-order valence-corrected chi connectivity index (χ3v) is 3.88. The monoisotopic (exact) mass is 327 g/mol. The van der Waals surface area contributed by atoms with Crippen LogP contribution in [0.5, 0.6) is 5.75 Å². The van der Waals surface area contributed by atoms with Gasteiger partial charge in [0.15, 0.2) is 0 Å². The van der Waals surface area contributed by atoms with Crippen molar-refractivity contribution in [2.24, 2.45) is 0 Å². The summed E-state index contributed by atoms with van der Waals surface area (Å²) in [7, 11) is 3.45. The lowest BCUT2D eigenvalue weighted by Crippen LogP contribution is -2.19. The van der Waals surface area contributed by atoms with E-state index in [1.807, 2.05) is 25.2 Å². The third-order valence-electron chi connectivity index (χ3n) is 3.34. The van der Waals surface area contributed by atoms with E-state index in [4.69, 9.17) is 27.9 Å². The van der Waals surface area contributed by atoms with Crippen LogP contribution in [0.2, 0.25) is 10.0 Å². The molecule has 0 radical (unpaired) electrons. The molecule has 21 heavy (non-hydrogen) atoms. The van der Waals surface area contributed by atoms with Crippen LogP contribution in [0.4, 0.5) is 4.39 Å². The maximum Gasteiger partial charge on any atom is 0.142 e. The SMILES string of the molecule is CNC(Cc1ccc(Cl)c(F)c1)c1ccc(Cl)cc1OC. The van der Waals surface area contributed by atoms with Gasteiger partial charge in [-0.1, -0.05) is 35.3 Å². The van der Waals surface area contributed by atoms with E-state index in [-0.39, 0.29) is 11.1 Å². The van der Waals surface area contributed by atoms with E-state index in [1.54, 1.807) is 19.2 Å². The zero-order chi connectivity index (χ0) is 15.4. The molecule has 5 heteroatoms. The lowest BCUT2D eigenvalue weighted by molar-refractivity contribution is 0.401. The van der Waals surface area contributed by atoms with Crippen LogP contribution in [0.3, 0.4) is 0 Å². The molecule has 0 bridgehead atoms. The van der Waals surface area contributed by atoms with Crippen LogP contribution in [0.25, 0.3) is 0 Å². The summed E-state index contributed by atoms with van der Waals surface area (Å²) in [6.45, 7) is 0. The molecule has 1 N–H and O–H groups in total. The van der Waals surface area contributed by atoms with Crippen LogP contribution in [-0.4, -0.2) is 14.2 Å². The molecule has 0 amide bonds. The quantitative estimate of drug-likeness (QED) is 0.863. The second-order valence-electron chi connectivity index (χ2n) is 4.68.